The molecule has 0 atom stereocenters. The van der Waals surface area contributed by atoms with Gasteiger partial charge in [-0.15, -0.1) is 0 Å². The first-order chi connectivity index (χ1) is 10.5. The predicted octanol–water partition coefficient (Wildman–Crippen LogP) is 4.25. The summed E-state index contributed by atoms with van der Waals surface area (Å²) < 4.78 is 0. The summed E-state index contributed by atoms with van der Waals surface area (Å²) in [5.41, 5.74) is 1.57. The van der Waals surface area contributed by atoms with Gasteiger partial charge in [-0.25, -0.2) is 0 Å². The van der Waals surface area contributed by atoms with Crippen molar-refractivity contribution in [3.05, 3.63) is 58.1 Å². The van der Waals surface area contributed by atoms with Gasteiger partial charge in [0.1, 0.15) is 0 Å². The molecular formula is C16H14Cl2N2O2. The van der Waals surface area contributed by atoms with Crippen molar-refractivity contribution >= 4 is 46.3 Å². The summed E-state index contributed by atoms with van der Waals surface area (Å²) in [6, 6.07) is 11.8. The minimum Gasteiger partial charge on any atom is -0.375 e. The summed E-state index contributed by atoms with van der Waals surface area (Å²) in [6.07, 6.45) is 0. The van der Waals surface area contributed by atoms with Crippen molar-refractivity contribution < 1.29 is 9.59 Å². The summed E-state index contributed by atoms with van der Waals surface area (Å²) in [5.74, 6) is -0.385. The molecule has 2 aromatic carbocycles. The Morgan fingerprint density at radius 3 is 2.45 bits per heavy atom. The lowest BCUT2D eigenvalue weighted by atomic mass is 10.1. The van der Waals surface area contributed by atoms with E-state index in [1.165, 1.54) is 6.92 Å². The number of amides is 1. The van der Waals surface area contributed by atoms with Crippen LogP contribution in [-0.4, -0.2) is 18.2 Å². The van der Waals surface area contributed by atoms with Gasteiger partial charge in [0.15, 0.2) is 5.78 Å². The number of nitrogens with one attached hydrogen (secondary N) is 2. The number of benzene rings is 2. The normalized spacial score (nSPS) is 10.1. The molecule has 2 rings (SSSR count). The predicted molar refractivity (Wildman–Crippen MR) is 90.0 cm³/mol. The first-order valence-corrected chi connectivity index (χ1v) is 7.31. The molecule has 0 fully saturated rings. The van der Waals surface area contributed by atoms with E-state index in [2.05, 4.69) is 10.6 Å². The summed E-state index contributed by atoms with van der Waals surface area (Å²) in [4.78, 5) is 23.5. The van der Waals surface area contributed by atoms with Gasteiger partial charge in [-0.3, -0.25) is 9.59 Å². The second-order valence-corrected chi connectivity index (χ2v) is 5.47. The first kappa shape index (κ1) is 16.3. The number of halogens is 2. The van der Waals surface area contributed by atoms with Crippen LogP contribution in [0.4, 0.5) is 11.4 Å². The van der Waals surface area contributed by atoms with Crippen molar-refractivity contribution in [2.45, 2.75) is 6.92 Å². The molecule has 0 heterocycles. The zero-order valence-corrected chi connectivity index (χ0v) is 13.3. The number of carbonyl (C=O) groups is 2. The number of para-hydroxylation sites is 1. The number of hydrogen-bond acceptors (Lipinski definition) is 3. The summed E-state index contributed by atoms with van der Waals surface area (Å²) in [5, 5.41) is 6.58. The van der Waals surface area contributed by atoms with E-state index in [0.29, 0.717) is 27.0 Å². The number of anilines is 2. The van der Waals surface area contributed by atoms with Gasteiger partial charge in [0, 0.05) is 10.6 Å². The van der Waals surface area contributed by atoms with Crippen LogP contribution in [0.5, 0.6) is 0 Å². The summed E-state index contributed by atoms with van der Waals surface area (Å²) in [6.45, 7) is 1.48. The first-order valence-electron chi connectivity index (χ1n) is 6.56. The van der Waals surface area contributed by atoms with Crippen molar-refractivity contribution in [1.82, 2.24) is 0 Å². The highest BCUT2D eigenvalue weighted by atomic mass is 35.5. The number of ketones is 1. The smallest absolute Gasteiger partial charge is 0.243 e. The van der Waals surface area contributed by atoms with Crippen molar-refractivity contribution in [3.63, 3.8) is 0 Å². The summed E-state index contributed by atoms with van der Waals surface area (Å²) >= 11 is 11.8. The lowest BCUT2D eigenvalue weighted by Crippen LogP contribution is -2.22. The lowest BCUT2D eigenvalue weighted by molar-refractivity contribution is -0.114. The van der Waals surface area contributed by atoms with Crippen molar-refractivity contribution in [2.75, 3.05) is 17.2 Å². The van der Waals surface area contributed by atoms with Gasteiger partial charge in [-0.1, -0.05) is 35.3 Å². The Morgan fingerprint density at radius 1 is 1.05 bits per heavy atom. The maximum atomic E-state index is 12.0. The van der Waals surface area contributed by atoms with Gasteiger partial charge in [0.05, 0.1) is 22.9 Å². The highest BCUT2D eigenvalue weighted by molar-refractivity contribution is 6.36. The van der Waals surface area contributed by atoms with Crippen molar-refractivity contribution in [3.8, 4) is 0 Å². The van der Waals surface area contributed by atoms with E-state index in [1.54, 1.807) is 42.5 Å². The fraction of sp³-hybridized carbons (Fsp3) is 0.125. The second-order valence-electron chi connectivity index (χ2n) is 4.63. The topological polar surface area (TPSA) is 58.2 Å². The number of carbonyl (C=O) groups excluding carboxylic acids is 2. The third-order valence-corrected chi connectivity index (χ3v) is 3.50. The molecule has 114 valence electrons. The quantitative estimate of drug-likeness (QED) is 0.802. The van der Waals surface area contributed by atoms with Gasteiger partial charge < -0.3 is 10.6 Å². The van der Waals surface area contributed by atoms with E-state index in [-0.39, 0.29) is 18.2 Å². The molecular weight excluding hydrogens is 323 g/mol. The number of hydrogen-bond donors (Lipinski definition) is 2. The molecule has 0 saturated carbocycles. The third-order valence-electron chi connectivity index (χ3n) is 2.95. The lowest BCUT2D eigenvalue weighted by Gasteiger charge is -2.11. The van der Waals surface area contributed by atoms with Gasteiger partial charge in [-0.05, 0) is 37.3 Å². The monoisotopic (exact) mass is 336 g/mol. The van der Waals surface area contributed by atoms with Crippen LogP contribution in [0.15, 0.2) is 42.5 Å². The van der Waals surface area contributed by atoms with Crippen LogP contribution in [-0.2, 0) is 4.79 Å². The zero-order valence-electron chi connectivity index (χ0n) is 11.8. The van der Waals surface area contributed by atoms with E-state index in [9.17, 15) is 9.59 Å². The number of Topliss-reactive ketones (excluding diaryl/α,β-unsaturated/α-hetero) is 1. The molecule has 6 heteroatoms. The molecule has 0 bridgehead atoms. The molecule has 0 aliphatic rings. The maximum absolute atomic E-state index is 12.0. The molecule has 4 nitrogen and oxygen atoms in total. The second kappa shape index (κ2) is 7.29. The Labute approximate surface area is 138 Å². The molecule has 0 aliphatic heterocycles. The molecule has 2 aromatic rings. The Bertz CT molecular complexity index is 717. The van der Waals surface area contributed by atoms with E-state index >= 15 is 0 Å². The SMILES string of the molecule is CC(=O)c1ccccc1NC(=O)CNc1ccc(Cl)cc1Cl. The minimum absolute atomic E-state index is 0.0214. The molecule has 0 saturated heterocycles. The minimum atomic E-state index is -0.278. The molecule has 1 amide bonds. The van der Waals surface area contributed by atoms with Gasteiger partial charge in [0.2, 0.25) is 5.91 Å². The van der Waals surface area contributed by atoms with Gasteiger partial charge in [0.25, 0.3) is 0 Å². The van der Waals surface area contributed by atoms with Crippen molar-refractivity contribution in [1.29, 1.82) is 0 Å². The molecule has 0 radical (unpaired) electrons. The molecule has 22 heavy (non-hydrogen) atoms. The zero-order chi connectivity index (χ0) is 16.1. The van der Waals surface area contributed by atoms with Crippen LogP contribution in [0, 0.1) is 0 Å². The van der Waals surface area contributed by atoms with Gasteiger partial charge >= 0.3 is 0 Å². The van der Waals surface area contributed by atoms with Crippen LogP contribution in [0.1, 0.15) is 17.3 Å². The molecule has 0 aliphatic carbocycles. The standard InChI is InChI=1S/C16H14Cl2N2O2/c1-10(21)12-4-2-3-5-14(12)20-16(22)9-19-15-7-6-11(17)8-13(15)18/h2-8,19H,9H2,1H3,(H,20,22). The third kappa shape index (κ3) is 4.23. The van der Waals surface area contributed by atoms with Crippen LogP contribution < -0.4 is 10.6 Å². The van der Waals surface area contributed by atoms with Crippen LogP contribution in [0.2, 0.25) is 10.0 Å². The average molecular weight is 337 g/mol. The van der Waals surface area contributed by atoms with Crippen LogP contribution >= 0.6 is 23.2 Å². The maximum Gasteiger partial charge on any atom is 0.243 e. The molecule has 2 N–H and O–H groups in total. The van der Waals surface area contributed by atoms with Crippen molar-refractivity contribution in [2.24, 2.45) is 0 Å². The fourth-order valence-electron chi connectivity index (χ4n) is 1.90. The van der Waals surface area contributed by atoms with E-state index in [4.69, 9.17) is 23.2 Å². The average Bonchev–Trinajstić information content (AvgIpc) is 2.46. The molecule has 0 unspecified atom stereocenters. The highest BCUT2D eigenvalue weighted by Crippen LogP contribution is 2.25. The number of rotatable bonds is 5. The van der Waals surface area contributed by atoms with Crippen LogP contribution in [0.3, 0.4) is 0 Å². The molecule has 0 aromatic heterocycles. The largest absolute Gasteiger partial charge is 0.375 e. The molecule has 0 spiro atoms. The Hall–Kier alpha value is -2.04. The van der Waals surface area contributed by atoms with Crippen LogP contribution in [0.25, 0.3) is 0 Å². The Kier molecular flexibility index (Phi) is 5.41. The highest BCUT2D eigenvalue weighted by Gasteiger charge is 2.10. The van der Waals surface area contributed by atoms with E-state index in [0.717, 1.165) is 0 Å². The van der Waals surface area contributed by atoms with E-state index < -0.39 is 0 Å². The van der Waals surface area contributed by atoms with Gasteiger partial charge in [-0.2, -0.15) is 0 Å². The Morgan fingerprint density at radius 2 is 1.77 bits per heavy atom. The fourth-order valence-corrected chi connectivity index (χ4v) is 2.38. The summed E-state index contributed by atoms with van der Waals surface area (Å²) in [7, 11) is 0. The van der Waals surface area contributed by atoms with E-state index in [1.807, 2.05) is 0 Å². The Balaban J connectivity index is 2.00.